The Kier molecular flexibility index (Phi) is 2.73. The van der Waals surface area contributed by atoms with Gasteiger partial charge in [0.15, 0.2) is 0 Å². The fourth-order valence-electron chi connectivity index (χ4n) is 1.83. The Labute approximate surface area is 86.7 Å². The molecule has 2 heterocycles. The normalized spacial score (nSPS) is 20.7. The maximum atomic E-state index is 11.5. The quantitative estimate of drug-likeness (QED) is 0.768. The molecule has 1 aliphatic heterocycles. The maximum absolute atomic E-state index is 11.5. The predicted molar refractivity (Wildman–Crippen MR) is 54.9 cm³/mol. The molecular formula is C10H14N2O3. The minimum Gasteiger partial charge on any atom is -0.372 e. The van der Waals surface area contributed by atoms with Crippen molar-refractivity contribution < 1.29 is 4.74 Å². The van der Waals surface area contributed by atoms with Gasteiger partial charge in [-0.3, -0.25) is 9.36 Å². The number of ether oxygens (including phenoxy) is 1. The Morgan fingerprint density at radius 3 is 2.93 bits per heavy atom. The van der Waals surface area contributed by atoms with Crippen molar-refractivity contribution in [2.45, 2.75) is 32.4 Å². The summed E-state index contributed by atoms with van der Waals surface area (Å²) in [7, 11) is 0. The van der Waals surface area contributed by atoms with Crippen LogP contribution in [0.3, 0.4) is 0 Å². The van der Waals surface area contributed by atoms with Crippen LogP contribution in [0, 0.1) is 0 Å². The number of hydrogen-bond donors (Lipinski definition) is 1. The average molecular weight is 210 g/mol. The van der Waals surface area contributed by atoms with Gasteiger partial charge in [-0.05, 0) is 19.8 Å². The fraction of sp³-hybridized carbons (Fsp3) is 0.600. The summed E-state index contributed by atoms with van der Waals surface area (Å²) in [5.74, 6) is 0. The largest absolute Gasteiger partial charge is 0.372 e. The third-order valence-corrected chi connectivity index (χ3v) is 2.63. The lowest BCUT2D eigenvalue weighted by Gasteiger charge is -2.09. The van der Waals surface area contributed by atoms with E-state index in [2.05, 4.69) is 4.98 Å². The van der Waals surface area contributed by atoms with E-state index in [9.17, 15) is 9.59 Å². The highest BCUT2D eigenvalue weighted by Crippen LogP contribution is 2.25. The number of rotatable bonds is 2. The number of aromatic nitrogens is 2. The highest BCUT2D eigenvalue weighted by Gasteiger charge is 2.19. The first-order chi connectivity index (χ1) is 7.22. The van der Waals surface area contributed by atoms with Crippen LogP contribution >= 0.6 is 0 Å². The summed E-state index contributed by atoms with van der Waals surface area (Å²) in [5.41, 5.74) is -0.00514. The average Bonchev–Trinajstić information content (AvgIpc) is 2.69. The molecule has 1 N–H and O–H groups in total. The molecule has 1 aromatic rings. The Bertz CT molecular complexity index is 423. The topological polar surface area (TPSA) is 64.1 Å². The monoisotopic (exact) mass is 210 g/mol. The minimum absolute atomic E-state index is 0.114. The van der Waals surface area contributed by atoms with Crippen molar-refractivity contribution in [2.24, 2.45) is 0 Å². The van der Waals surface area contributed by atoms with Crippen molar-refractivity contribution in [2.75, 3.05) is 6.61 Å². The van der Waals surface area contributed by atoms with E-state index in [0.717, 1.165) is 12.8 Å². The molecule has 0 bridgehead atoms. The highest BCUT2D eigenvalue weighted by molar-refractivity contribution is 5.04. The molecule has 0 amide bonds. The first-order valence-electron chi connectivity index (χ1n) is 5.18. The highest BCUT2D eigenvalue weighted by atomic mass is 16.5. The SMILES string of the molecule is CCn1c(=O)cc([C@H]2CCCO2)[nH]c1=O. The molecule has 1 saturated heterocycles. The van der Waals surface area contributed by atoms with Crippen molar-refractivity contribution in [1.82, 2.24) is 9.55 Å². The zero-order valence-electron chi connectivity index (χ0n) is 8.66. The van der Waals surface area contributed by atoms with E-state index in [1.54, 1.807) is 6.92 Å². The van der Waals surface area contributed by atoms with Gasteiger partial charge in [-0.25, -0.2) is 4.79 Å². The van der Waals surface area contributed by atoms with Crippen LogP contribution in [-0.4, -0.2) is 16.2 Å². The second kappa shape index (κ2) is 4.02. The van der Waals surface area contributed by atoms with Gasteiger partial charge in [0.2, 0.25) is 0 Å². The van der Waals surface area contributed by atoms with Crippen LogP contribution in [0.2, 0.25) is 0 Å². The Morgan fingerprint density at radius 1 is 1.60 bits per heavy atom. The van der Waals surface area contributed by atoms with E-state index >= 15 is 0 Å². The van der Waals surface area contributed by atoms with Crippen LogP contribution < -0.4 is 11.2 Å². The van der Waals surface area contributed by atoms with Gasteiger partial charge in [0.05, 0.1) is 11.8 Å². The maximum Gasteiger partial charge on any atom is 0.328 e. The fourth-order valence-corrected chi connectivity index (χ4v) is 1.83. The second-order valence-electron chi connectivity index (χ2n) is 3.61. The molecule has 0 radical (unpaired) electrons. The summed E-state index contributed by atoms with van der Waals surface area (Å²) >= 11 is 0. The van der Waals surface area contributed by atoms with Crippen molar-refractivity contribution in [3.63, 3.8) is 0 Å². The van der Waals surface area contributed by atoms with E-state index in [0.29, 0.717) is 18.8 Å². The third kappa shape index (κ3) is 1.87. The molecule has 0 saturated carbocycles. The summed E-state index contributed by atoms with van der Waals surface area (Å²) in [5, 5.41) is 0. The minimum atomic E-state index is -0.351. The molecule has 5 nitrogen and oxygen atoms in total. The van der Waals surface area contributed by atoms with E-state index in [4.69, 9.17) is 4.74 Å². The van der Waals surface area contributed by atoms with Gasteiger partial charge in [0, 0.05) is 19.2 Å². The van der Waals surface area contributed by atoms with Gasteiger partial charge in [0.25, 0.3) is 5.56 Å². The molecule has 0 unspecified atom stereocenters. The molecule has 1 fully saturated rings. The molecule has 2 rings (SSSR count). The zero-order valence-corrected chi connectivity index (χ0v) is 8.66. The number of H-pyrrole nitrogens is 1. The summed E-state index contributed by atoms with van der Waals surface area (Å²) in [6, 6.07) is 1.46. The van der Waals surface area contributed by atoms with Gasteiger partial charge in [0.1, 0.15) is 0 Å². The summed E-state index contributed by atoms with van der Waals surface area (Å²) in [6.45, 7) is 2.85. The van der Waals surface area contributed by atoms with E-state index in [1.165, 1.54) is 10.6 Å². The van der Waals surface area contributed by atoms with E-state index in [-0.39, 0.29) is 17.4 Å². The van der Waals surface area contributed by atoms with Gasteiger partial charge in [-0.1, -0.05) is 0 Å². The summed E-state index contributed by atoms with van der Waals surface area (Å²) < 4.78 is 6.57. The summed E-state index contributed by atoms with van der Waals surface area (Å²) in [6.07, 6.45) is 1.73. The van der Waals surface area contributed by atoms with Gasteiger partial charge < -0.3 is 9.72 Å². The van der Waals surface area contributed by atoms with E-state index in [1.807, 2.05) is 0 Å². The number of hydrogen-bond acceptors (Lipinski definition) is 3. The molecule has 15 heavy (non-hydrogen) atoms. The van der Waals surface area contributed by atoms with Crippen molar-refractivity contribution in [3.8, 4) is 0 Å². The molecule has 1 atom stereocenters. The molecule has 0 spiro atoms. The predicted octanol–water partition coefficient (Wildman–Crippen LogP) is 0.408. The molecule has 0 aromatic carbocycles. The molecule has 5 heteroatoms. The van der Waals surface area contributed by atoms with Crippen molar-refractivity contribution in [3.05, 3.63) is 32.6 Å². The Hall–Kier alpha value is -1.36. The smallest absolute Gasteiger partial charge is 0.328 e. The van der Waals surface area contributed by atoms with Crippen LogP contribution in [0.15, 0.2) is 15.7 Å². The number of nitrogens with one attached hydrogen (secondary N) is 1. The lowest BCUT2D eigenvalue weighted by Crippen LogP contribution is -2.35. The number of aromatic amines is 1. The number of nitrogens with zero attached hydrogens (tertiary/aromatic N) is 1. The Balaban J connectivity index is 2.43. The second-order valence-corrected chi connectivity index (χ2v) is 3.61. The van der Waals surface area contributed by atoms with Crippen LogP contribution in [0.1, 0.15) is 31.6 Å². The molecule has 1 aromatic heterocycles. The zero-order chi connectivity index (χ0) is 10.8. The van der Waals surface area contributed by atoms with Crippen LogP contribution in [-0.2, 0) is 11.3 Å². The van der Waals surface area contributed by atoms with Gasteiger partial charge >= 0.3 is 5.69 Å². The van der Waals surface area contributed by atoms with Crippen molar-refractivity contribution in [1.29, 1.82) is 0 Å². The van der Waals surface area contributed by atoms with Gasteiger partial charge in [-0.2, -0.15) is 0 Å². The first kappa shape index (κ1) is 10.2. The lowest BCUT2D eigenvalue weighted by atomic mass is 10.2. The lowest BCUT2D eigenvalue weighted by molar-refractivity contribution is 0.108. The molecular weight excluding hydrogens is 196 g/mol. The third-order valence-electron chi connectivity index (χ3n) is 2.63. The standard InChI is InChI=1S/C10H14N2O3/c1-2-12-9(13)6-7(11-10(12)14)8-4-3-5-15-8/h6,8H,2-5H2,1H3,(H,11,14)/t8-/m1/s1. The first-order valence-corrected chi connectivity index (χ1v) is 5.18. The van der Waals surface area contributed by atoms with Gasteiger partial charge in [-0.15, -0.1) is 0 Å². The van der Waals surface area contributed by atoms with Crippen LogP contribution in [0.4, 0.5) is 0 Å². The molecule has 82 valence electrons. The van der Waals surface area contributed by atoms with Crippen LogP contribution in [0.5, 0.6) is 0 Å². The summed E-state index contributed by atoms with van der Waals surface area (Å²) in [4.78, 5) is 25.7. The van der Waals surface area contributed by atoms with E-state index < -0.39 is 0 Å². The molecule has 1 aliphatic rings. The van der Waals surface area contributed by atoms with Crippen LogP contribution in [0.25, 0.3) is 0 Å². The molecule has 0 aliphatic carbocycles. The Morgan fingerprint density at radius 2 is 2.40 bits per heavy atom. The van der Waals surface area contributed by atoms with Crippen molar-refractivity contribution >= 4 is 0 Å².